The third kappa shape index (κ3) is 3.69. The third-order valence-electron chi connectivity index (χ3n) is 2.70. The molecule has 0 unspecified atom stereocenters. The van der Waals surface area contributed by atoms with E-state index in [0.717, 1.165) is 16.2 Å². The predicted molar refractivity (Wildman–Crippen MR) is 87.6 cm³/mol. The fraction of sp³-hybridized carbons (Fsp3) is 0.333. The summed E-state index contributed by atoms with van der Waals surface area (Å²) in [6, 6.07) is 5.60. The standard InChI is InChI=1S/C12H15BrN2O2S3/c1-2-8-3-4-9(18-8)7-15-20(16,17)11-5-10(6-14)19-12(11)13/h3-5,15H,2,6-7,14H2,1H3. The Hall–Kier alpha value is -0.250. The zero-order chi connectivity index (χ0) is 14.8. The highest BCUT2D eigenvalue weighted by Gasteiger charge is 2.20. The van der Waals surface area contributed by atoms with Gasteiger partial charge >= 0.3 is 0 Å². The number of rotatable bonds is 6. The summed E-state index contributed by atoms with van der Waals surface area (Å²) in [7, 11) is -3.51. The van der Waals surface area contributed by atoms with E-state index in [1.807, 2.05) is 12.1 Å². The van der Waals surface area contributed by atoms with Crippen LogP contribution in [-0.2, 0) is 29.5 Å². The van der Waals surface area contributed by atoms with Gasteiger partial charge in [0.15, 0.2) is 0 Å². The van der Waals surface area contributed by atoms with Crippen molar-refractivity contribution in [1.82, 2.24) is 4.72 Å². The molecule has 4 nitrogen and oxygen atoms in total. The van der Waals surface area contributed by atoms with Crippen LogP contribution in [0.2, 0.25) is 0 Å². The lowest BCUT2D eigenvalue weighted by atomic mass is 10.4. The first-order chi connectivity index (χ1) is 9.46. The van der Waals surface area contributed by atoms with Crippen LogP contribution in [0.3, 0.4) is 0 Å². The van der Waals surface area contributed by atoms with E-state index in [-0.39, 0.29) is 4.90 Å². The van der Waals surface area contributed by atoms with Gasteiger partial charge in [-0.15, -0.1) is 22.7 Å². The highest BCUT2D eigenvalue weighted by molar-refractivity contribution is 9.11. The molecule has 0 atom stereocenters. The minimum atomic E-state index is -3.51. The van der Waals surface area contributed by atoms with Crippen molar-refractivity contribution >= 4 is 48.6 Å². The third-order valence-corrected chi connectivity index (χ3v) is 7.60. The van der Waals surface area contributed by atoms with Gasteiger partial charge in [-0.3, -0.25) is 0 Å². The first kappa shape index (κ1) is 16.1. The second-order valence-corrected chi connectivity index (χ2v) is 9.54. The monoisotopic (exact) mass is 394 g/mol. The SMILES string of the molecule is CCc1ccc(CNS(=O)(=O)c2cc(CN)sc2Br)s1. The van der Waals surface area contributed by atoms with E-state index in [9.17, 15) is 8.42 Å². The largest absolute Gasteiger partial charge is 0.326 e. The molecule has 110 valence electrons. The molecule has 2 aromatic heterocycles. The normalized spacial score (nSPS) is 11.9. The van der Waals surface area contributed by atoms with Crippen LogP contribution >= 0.6 is 38.6 Å². The Morgan fingerprint density at radius 3 is 2.50 bits per heavy atom. The highest BCUT2D eigenvalue weighted by atomic mass is 79.9. The van der Waals surface area contributed by atoms with Gasteiger partial charge in [0.05, 0.1) is 3.79 Å². The van der Waals surface area contributed by atoms with Crippen molar-refractivity contribution in [2.45, 2.75) is 31.3 Å². The fourth-order valence-corrected chi connectivity index (χ4v) is 6.19. The molecule has 0 aliphatic heterocycles. The molecule has 0 fully saturated rings. The Kier molecular flexibility index (Phi) is 5.38. The molecule has 0 saturated carbocycles. The van der Waals surface area contributed by atoms with Crippen molar-refractivity contribution in [3.8, 4) is 0 Å². The molecule has 0 radical (unpaired) electrons. The summed E-state index contributed by atoms with van der Waals surface area (Å²) in [5.41, 5.74) is 5.53. The molecule has 3 N–H and O–H groups in total. The van der Waals surface area contributed by atoms with Crippen LogP contribution < -0.4 is 10.5 Å². The highest BCUT2D eigenvalue weighted by Crippen LogP contribution is 2.31. The van der Waals surface area contributed by atoms with Gasteiger partial charge in [0.1, 0.15) is 4.90 Å². The lowest BCUT2D eigenvalue weighted by Gasteiger charge is -2.04. The second-order valence-electron chi connectivity index (χ2n) is 4.10. The number of halogens is 1. The molecule has 0 saturated heterocycles. The molecule has 20 heavy (non-hydrogen) atoms. The van der Waals surface area contributed by atoms with Gasteiger partial charge in [-0.05, 0) is 40.5 Å². The molecule has 0 spiro atoms. The zero-order valence-electron chi connectivity index (χ0n) is 10.8. The molecule has 8 heteroatoms. The number of hydrogen-bond donors (Lipinski definition) is 2. The molecule has 0 aliphatic carbocycles. The quantitative estimate of drug-likeness (QED) is 0.790. The Morgan fingerprint density at radius 2 is 1.95 bits per heavy atom. The molecule has 2 aromatic rings. The topological polar surface area (TPSA) is 72.2 Å². The smallest absolute Gasteiger partial charge is 0.242 e. The van der Waals surface area contributed by atoms with E-state index in [0.29, 0.717) is 16.9 Å². The minimum absolute atomic E-state index is 0.259. The van der Waals surface area contributed by atoms with E-state index in [4.69, 9.17) is 5.73 Å². The number of hydrogen-bond acceptors (Lipinski definition) is 5. The maximum absolute atomic E-state index is 12.3. The van der Waals surface area contributed by atoms with Crippen molar-refractivity contribution in [2.75, 3.05) is 0 Å². The van der Waals surface area contributed by atoms with Crippen molar-refractivity contribution in [2.24, 2.45) is 5.73 Å². The summed E-state index contributed by atoms with van der Waals surface area (Å²) < 4.78 is 27.7. The first-order valence-electron chi connectivity index (χ1n) is 6.01. The number of aryl methyl sites for hydroxylation is 1. The molecule has 0 bridgehead atoms. The molecular formula is C12H15BrN2O2S3. The maximum Gasteiger partial charge on any atom is 0.242 e. The summed E-state index contributed by atoms with van der Waals surface area (Å²) in [6.45, 7) is 2.73. The van der Waals surface area contributed by atoms with E-state index >= 15 is 0 Å². The summed E-state index contributed by atoms with van der Waals surface area (Å²) in [5.74, 6) is 0. The van der Waals surface area contributed by atoms with Gasteiger partial charge in [0.2, 0.25) is 10.0 Å². The van der Waals surface area contributed by atoms with E-state index in [2.05, 4.69) is 27.6 Å². The number of nitrogens with one attached hydrogen (secondary N) is 1. The van der Waals surface area contributed by atoms with Crippen molar-refractivity contribution < 1.29 is 8.42 Å². The average Bonchev–Trinajstić information content (AvgIpc) is 3.02. The molecule has 0 aliphatic rings. The summed E-state index contributed by atoms with van der Waals surface area (Å²) in [5, 5.41) is 0. The van der Waals surface area contributed by atoms with Gasteiger partial charge in [-0.25, -0.2) is 13.1 Å². The fourth-order valence-electron chi connectivity index (χ4n) is 1.63. The van der Waals surface area contributed by atoms with E-state index < -0.39 is 10.0 Å². The number of sulfonamides is 1. The van der Waals surface area contributed by atoms with Crippen molar-refractivity contribution in [3.05, 3.63) is 36.6 Å². The molecular weight excluding hydrogens is 380 g/mol. The maximum atomic E-state index is 12.3. The second kappa shape index (κ2) is 6.67. The van der Waals surface area contributed by atoms with Gasteiger partial charge in [0, 0.05) is 27.7 Å². The summed E-state index contributed by atoms with van der Waals surface area (Å²) in [6.07, 6.45) is 0.966. The molecule has 2 heterocycles. The lowest BCUT2D eigenvalue weighted by molar-refractivity contribution is 0.581. The summed E-state index contributed by atoms with van der Waals surface area (Å²) >= 11 is 6.25. The van der Waals surface area contributed by atoms with Crippen LogP contribution in [-0.4, -0.2) is 8.42 Å². The van der Waals surface area contributed by atoms with Crippen molar-refractivity contribution in [1.29, 1.82) is 0 Å². The van der Waals surface area contributed by atoms with Crippen LogP contribution in [0, 0.1) is 0 Å². The van der Waals surface area contributed by atoms with E-state index in [1.165, 1.54) is 16.2 Å². The number of nitrogens with two attached hydrogens (primary N) is 1. The lowest BCUT2D eigenvalue weighted by Crippen LogP contribution is -2.22. The molecule has 0 aromatic carbocycles. The Bertz CT molecular complexity index is 691. The molecule has 2 rings (SSSR count). The predicted octanol–water partition coefficient (Wildman–Crippen LogP) is 3.07. The van der Waals surface area contributed by atoms with Gasteiger partial charge in [-0.2, -0.15) is 0 Å². The van der Waals surface area contributed by atoms with E-state index in [1.54, 1.807) is 17.4 Å². The van der Waals surface area contributed by atoms with Gasteiger partial charge in [-0.1, -0.05) is 6.92 Å². The Labute approximate surface area is 135 Å². The van der Waals surface area contributed by atoms with Crippen LogP contribution in [0.25, 0.3) is 0 Å². The Morgan fingerprint density at radius 1 is 1.25 bits per heavy atom. The minimum Gasteiger partial charge on any atom is -0.326 e. The average molecular weight is 395 g/mol. The van der Waals surface area contributed by atoms with Crippen LogP contribution in [0.5, 0.6) is 0 Å². The van der Waals surface area contributed by atoms with Crippen LogP contribution in [0.4, 0.5) is 0 Å². The number of thiophene rings is 2. The van der Waals surface area contributed by atoms with Crippen LogP contribution in [0.15, 0.2) is 26.9 Å². The first-order valence-corrected chi connectivity index (χ1v) is 9.92. The molecule has 0 amide bonds. The summed E-state index contributed by atoms with van der Waals surface area (Å²) in [4.78, 5) is 3.36. The van der Waals surface area contributed by atoms with Gasteiger partial charge in [0.25, 0.3) is 0 Å². The zero-order valence-corrected chi connectivity index (χ0v) is 14.9. The Balaban J connectivity index is 2.12. The van der Waals surface area contributed by atoms with Crippen LogP contribution in [0.1, 0.15) is 21.6 Å². The van der Waals surface area contributed by atoms with Crippen molar-refractivity contribution in [3.63, 3.8) is 0 Å². The van der Waals surface area contributed by atoms with Gasteiger partial charge < -0.3 is 5.73 Å².